The molecule has 0 unspecified atom stereocenters. The maximum Gasteiger partial charge on any atom is 0.273 e. The molecule has 1 saturated heterocycles. The zero-order valence-corrected chi connectivity index (χ0v) is 13.4. The lowest BCUT2D eigenvalue weighted by Crippen LogP contribution is -2.51. The fraction of sp³-hybridized carbons (Fsp3) is 0.412. The van der Waals surface area contributed by atoms with Crippen LogP contribution in [0.15, 0.2) is 29.6 Å². The van der Waals surface area contributed by atoms with Crippen LogP contribution >= 0.6 is 11.3 Å². The number of aromatic nitrogens is 1. The van der Waals surface area contributed by atoms with E-state index in [9.17, 15) is 9.18 Å². The highest BCUT2D eigenvalue weighted by molar-refractivity contribution is 7.13. The fourth-order valence-corrected chi connectivity index (χ4v) is 4.28. The molecule has 0 bridgehead atoms. The Bertz CT molecular complexity index is 733. The molecule has 2 heterocycles. The van der Waals surface area contributed by atoms with E-state index in [1.165, 1.54) is 17.4 Å². The number of ether oxygens (including phenoxy) is 1. The van der Waals surface area contributed by atoms with E-state index < -0.39 is 0 Å². The summed E-state index contributed by atoms with van der Waals surface area (Å²) in [6, 6.07) is 6.67. The Balaban J connectivity index is 1.59. The second-order valence-electron chi connectivity index (χ2n) is 5.92. The van der Waals surface area contributed by atoms with Crippen molar-refractivity contribution in [3.63, 3.8) is 0 Å². The lowest BCUT2D eigenvalue weighted by atomic mass is 10.1. The van der Waals surface area contributed by atoms with Crippen LogP contribution in [0.3, 0.4) is 0 Å². The van der Waals surface area contributed by atoms with Gasteiger partial charge < -0.3 is 9.64 Å². The summed E-state index contributed by atoms with van der Waals surface area (Å²) >= 11 is 1.30. The first-order valence-electron chi connectivity index (χ1n) is 7.87. The van der Waals surface area contributed by atoms with Gasteiger partial charge in [-0.15, -0.1) is 11.3 Å². The Labute approximate surface area is 137 Å². The van der Waals surface area contributed by atoms with E-state index in [1.54, 1.807) is 23.6 Å². The number of rotatable bonds is 2. The summed E-state index contributed by atoms with van der Waals surface area (Å²) in [5.41, 5.74) is 0.845. The average molecular weight is 332 g/mol. The van der Waals surface area contributed by atoms with Crippen molar-refractivity contribution in [1.82, 2.24) is 9.88 Å². The monoisotopic (exact) mass is 332 g/mol. The average Bonchev–Trinajstić information content (AvgIpc) is 3.23. The zero-order chi connectivity index (χ0) is 15.8. The number of nitrogens with zero attached hydrogens (tertiary/aromatic N) is 2. The molecule has 2 aliphatic rings. The van der Waals surface area contributed by atoms with Gasteiger partial charge in [0.05, 0.1) is 18.8 Å². The molecule has 1 saturated carbocycles. The molecule has 2 atom stereocenters. The molecule has 2 aromatic rings. The van der Waals surface area contributed by atoms with Gasteiger partial charge in [0, 0.05) is 17.5 Å². The van der Waals surface area contributed by atoms with Gasteiger partial charge in [-0.2, -0.15) is 0 Å². The Morgan fingerprint density at radius 3 is 3.09 bits per heavy atom. The van der Waals surface area contributed by atoms with Crippen LogP contribution in [0, 0.1) is 5.82 Å². The molecule has 1 aliphatic heterocycles. The summed E-state index contributed by atoms with van der Waals surface area (Å²) in [6.45, 7) is 1.18. The van der Waals surface area contributed by atoms with E-state index in [4.69, 9.17) is 4.74 Å². The van der Waals surface area contributed by atoms with E-state index >= 15 is 0 Å². The van der Waals surface area contributed by atoms with Gasteiger partial charge in [-0.05, 0) is 31.4 Å². The Hall–Kier alpha value is -1.79. The lowest BCUT2D eigenvalue weighted by Gasteiger charge is -2.37. The van der Waals surface area contributed by atoms with E-state index in [-0.39, 0.29) is 23.9 Å². The van der Waals surface area contributed by atoms with Crippen LogP contribution in [0.4, 0.5) is 4.39 Å². The number of benzene rings is 1. The van der Waals surface area contributed by atoms with Gasteiger partial charge in [-0.1, -0.05) is 12.1 Å². The molecule has 0 N–H and O–H groups in total. The van der Waals surface area contributed by atoms with E-state index in [2.05, 4.69) is 4.98 Å². The second-order valence-corrected chi connectivity index (χ2v) is 6.78. The molecule has 23 heavy (non-hydrogen) atoms. The highest BCUT2D eigenvalue weighted by atomic mass is 32.1. The maximum absolute atomic E-state index is 13.9. The number of hydrogen-bond donors (Lipinski definition) is 0. The van der Waals surface area contributed by atoms with E-state index in [0.717, 1.165) is 19.3 Å². The van der Waals surface area contributed by atoms with Crippen LogP contribution in [0.2, 0.25) is 0 Å². The molecule has 4 rings (SSSR count). The molecule has 1 amide bonds. The van der Waals surface area contributed by atoms with Crippen LogP contribution in [0.1, 0.15) is 29.8 Å². The minimum atomic E-state index is -0.317. The Kier molecular flexibility index (Phi) is 3.87. The summed E-state index contributed by atoms with van der Waals surface area (Å²) in [7, 11) is 0. The van der Waals surface area contributed by atoms with Crippen molar-refractivity contribution in [2.45, 2.75) is 31.4 Å². The number of carbonyl (C=O) groups excluding carboxylic acids is 1. The minimum Gasteiger partial charge on any atom is -0.374 e. The number of hydrogen-bond acceptors (Lipinski definition) is 4. The Morgan fingerprint density at radius 1 is 1.35 bits per heavy atom. The predicted molar refractivity (Wildman–Crippen MR) is 85.9 cm³/mol. The fourth-order valence-electron chi connectivity index (χ4n) is 3.46. The largest absolute Gasteiger partial charge is 0.374 e. The molecular formula is C17H17FN2O2S. The highest BCUT2D eigenvalue weighted by Crippen LogP contribution is 2.32. The lowest BCUT2D eigenvalue weighted by molar-refractivity contribution is -0.0447. The van der Waals surface area contributed by atoms with Gasteiger partial charge in [0.2, 0.25) is 0 Å². The van der Waals surface area contributed by atoms with Crippen LogP contribution in [0.5, 0.6) is 0 Å². The first kappa shape index (κ1) is 14.8. The topological polar surface area (TPSA) is 42.4 Å². The summed E-state index contributed by atoms with van der Waals surface area (Å²) in [4.78, 5) is 19.1. The normalized spacial score (nSPS) is 23.8. The van der Waals surface area contributed by atoms with Crippen molar-refractivity contribution < 1.29 is 13.9 Å². The molecular weight excluding hydrogens is 315 g/mol. The van der Waals surface area contributed by atoms with Gasteiger partial charge in [-0.25, -0.2) is 9.37 Å². The van der Waals surface area contributed by atoms with Crippen LogP contribution in [0.25, 0.3) is 10.6 Å². The summed E-state index contributed by atoms with van der Waals surface area (Å²) in [5, 5.41) is 2.27. The first-order valence-corrected chi connectivity index (χ1v) is 8.75. The summed E-state index contributed by atoms with van der Waals surface area (Å²) in [6.07, 6.45) is 3.26. The third-order valence-corrected chi connectivity index (χ3v) is 5.45. The van der Waals surface area contributed by atoms with Crippen molar-refractivity contribution in [2.75, 3.05) is 13.2 Å². The number of carbonyl (C=O) groups is 1. The Morgan fingerprint density at radius 2 is 2.22 bits per heavy atom. The van der Waals surface area contributed by atoms with Gasteiger partial charge in [0.15, 0.2) is 0 Å². The molecule has 6 heteroatoms. The van der Waals surface area contributed by atoms with Gasteiger partial charge in [0.25, 0.3) is 5.91 Å². The number of morpholine rings is 1. The van der Waals surface area contributed by atoms with Crippen molar-refractivity contribution >= 4 is 17.2 Å². The molecule has 0 radical (unpaired) electrons. The molecule has 0 spiro atoms. The first-order chi connectivity index (χ1) is 11.2. The molecule has 2 fully saturated rings. The molecule has 1 aromatic heterocycles. The number of fused-ring (bicyclic) bond motifs is 1. The van der Waals surface area contributed by atoms with Crippen molar-refractivity contribution in [3.05, 3.63) is 41.2 Å². The van der Waals surface area contributed by atoms with E-state index in [0.29, 0.717) is 29.4 Å². The third kappa shape index (κ3) is 2.66. The predicted octanol–water partition coefficient (Wildman–Crippen LogP) is 3.34. The van der Waals surface area contributed by atoms with Crippen LogP contribution in [-0.2, 0) is 4.74 Å². The molecule has 4 nitrogen and oxygen atoms in total. The standard InChI is InChI=1S/C17H17FN2O2S/c18-12-5-2-1-4-11(12)16-19-13(10-23-16)17(21)20-8-9-22-15-7-3-6-14(15)20/h1-2,4-5,10,14-15H,3,6-9H2/t14-,15+/m1/s1. The van der Waals surface area contributed by atoms with Crippen molar-refractivity contribution in [1.29, 1.82) is 0 Å². The smallest absolute Gasteiger partial charge is 0.273 e. The van der Waals surface area contributed by atoms with Gasteiger partial charge in [0.1, 0.15) is 16.5 Å². The zero-order valence-electron chi connectivity index (χ0n) is 12.6. The molecule has 1 aliphatic carbocycles. The van der Waals surface area contributed by atoms with E-state index in [1.807, 2.05) is 4.90 Å². The van der Waals surface area contributed by atoms with Gasteiger partial charge in [-0.3, -0.25) is 4.79 Å². The second kappa shape index (κ2) is 6.02. The SMILES string of the molecule is O=C(c1csc(-c2ccccc2F)n1)N1CCO[C@H]2CCC[C@H]21. The van der Waals surface area contributed by atoms with Crippen molar-refractivity contribution in [2.24, 2.45) is 0 Å². The quantitative estimate of drug-likeness (QED) is 0.847. The number of halogens is 1. The van der Waals surface area contributed by atoms with Crippen molar-refractivity contribution in [3.8, 4) is 10.6 Å². The summed E-state index contributed by atoms with van der Waals surface area (Å²) in [5.74, 6) is -0.382. The summed E-state index contributed by atoms with van der Waals surface area (Å²) < 4.78 is 19.6. The number of amides is 1. The maximum atomic E-state index is 13.9. The van der Waals surface area contributed by atoms with Gasteiger partial charge >= 0.3 is 0 Å². The molecule has 120 valence electrons. The highest BCUT2D eigenvalue weighted by Gasteiger charge is 2.39. The minimum absolute atomic E-state index is 0.0657. The number of thiazole rings is 1. The van der Waals surface area contributed by atoms with Crippen LogP contribution < -0.4 is 0 Å². The third-order valence-electron chi connectivity index (χ3n) is 4.57. The molecule has 1 aromatic carbocycles. The van der Waals surface area contributed by atoms with Crippen LogP contribution in [-0.4, -0.2) is 41.1 Å².